The molecule has 2 N–H and O–H groups in total. The van der Waals surface area contributed by atoms with Gasteiger partial charge >= 0.3 is 0 Å². The van der Waals surface area contributed by atoms with E-state index in [-0.39, 0.29) is 23.6 Å². The van der Waals surface area contributed by atoms with E-state index in [2.05, 4.69) is 20.2 Å². The molecule has 0 aliphatic rings. The summed E-state index contributed by atoms with van der Waals surface area (Å²) in [5.74, 6) is 0.437. The standard InChI is InChI=1S/C21H23ClN4O4S/c1-21(2,3)26-31(28,29)17-6-4-5-16(13-17)23-18(27)11-12-19-24-20(25-30-19)14-7-9-15(22)10-8-14/h4-10,13,26H,11-12H2,1-3H3,(H,23,27). The first kappa shape index (κ1) is 22.9. The second-order valence-corrected chi connectivity index (χ2v) is 10.1. The van der Waals surface area contributed by atoms with Crippen molar-refractivity contribution in [3.63, 3.8) is 0 Å². The van der Waals surface area contributed by atoms with Gasteiger partial charge in [0.25, 0.3) is 0 Å². The molecule has 1 heterocycles. The molecule has 0 spiro atoms. The van der Waals surface area contributed by atoms with E-state index in [1.54, 1.807) is 57.2 Å². The fourth-order valence-electron chi connectivity index (χ4n) is 2.72. The van der Waals surface area contributed by atoms with Gasteiger partial charge in [0.2, 0.25) is 27.6 Å². The molecular formula is C21H23ClN4O4S. The molecule has 31 heavy (non-hydrogen) atoms. The molecule has 8 nitrogen and oxygen atoms in total. The number of aryl methyl sites for hydroxylation is 1. The van der Waals surface area contributed by atoms with Crippen LogP contribution in [0.15, 0.2) is 57.9 Å². The summed E-state index contributed by atoms with van der Waals surface area (Å²) >= 11 is 5.87. The molecule has 3 rings (SSSR count). The van der Waals surface area contributed by atoms with E-state index in [1.807, 2.05) is 0 Å². The third-order valence-corrected chi connectivity index (χ3v) is 6.01. The summed E-state index contributed by atoms with van der Waals surface area (Å²) in [7, 11) is -3.70. The first-order valence-electron chi connectivity index (χ1n) is 9.54. The summed E-state index contributed by atoms with van der Waals surface area (Å²) < 4.78 is 32.7. The second kappa shape index (κ2) is 9.17. The first-order chi connectivity index (χ1) is 14.5. The molecule has 0 radical (unpaired) electrons. The number of carbonyl (C=O) groups excluding carboxylic acids is 1. The number of carbonyl (C=O) groups is 1. The third kappa shape index (κ3) is 6.61. The van der Waals surface area contributed by atoms with Crippen LogP contribution < -0.4 is 10.0 Å². The van der Waals surface area contributed by atoms with Crippen LogP contribution in [0.1, 0.15) is 33.1 Å². The van der Waals surface area contributed by atoms with E-state index >= 15 is 0 Å². The maximum absolute atomic E-state index is 12.5. The van der Waals surface area contributed by atoms with Gasteiger partial charge in [-0.2, -0.15) is 4.98 Å². The van der Waals surface area contributed by atoms with E-state index in [1.165, 1.54) is 12.1 Å². The average molecular weight is 463 g/mol. The van der Waals surface area contributed by atoms with Crippen molar-refractivity contribution in [1.82, 2.24) is 14.9 Å². The molecule has 1 aromatic heterocycles. The molecule has 0 saturated carbocycles. The predicted octanol–water partition coefficient (Wildman–Crippen LogP) is 4.04. The Labute approximate surface area is 186 Å². The minimum absolute atomic E-state index is 0.0738. The number of halogens is 1. The average Bonchev–Trinajstić information content (AvgIpc) is 3.14. The van der Waals surface area contributed by atoms with Crippen LogP contribution in [0, 0.1) is 0 Å². The molecule has 0 saturated heterocycles. The van der Waals surface area contributed by atoms with Crippen LogP contribution in [0.2, 0.25) is 5.02 Å². The van der Waals surface area contributed by atoms with Gasteiger partial charge in [-0.25, -0.2) is 13.1 Å². The van der Waals surface area contributed by atoms with Gasteiger partial charge in [0.15, 0.2) is 0 Å². The zero-order valence-corrected chi connectivity index (χ0v) is 18.9. The second-order valence-electron chi connectivity index (χ2n) is 7.95. The summed E-state index contributed by atoms with van der Waals surface area (Å²) in [4.78, 5) is 16.7. The van der Waals surface area contributed by atoms with Crippen molar-refractivity contribution in [2.24, 2.45) is 0 Å². The fourth-order valence-corrected chi connectivity index (χ4v) is 4.31. The Morgan fingerprint density at radius 3 is 2.52 bits per heavy atom. The largest absolute Gasteiger partial charge is 0.339 e. The molecule has 0 aliphatic carbocycles. The number of hydrogen-bond donors (Lipinski definition) is 2. The summed E-state index contributed by atoms with van der Waals surface area (Å²) in [6, 6.07) is 13.1. The number of amides is 1. The summed E-state index contributed by atoms with van der Waals surface area (Å²) in [5.41, 5.74) is 0.521. The lowest BCUT2D eigenvalue weighted by Crippen LogP contribution is -2.40. The molecule has 0 atom stereocenters. The Hall–Kier alpha value is -2.75. The van der Waals surface area contributed by atoms with Crippen molar-refractivity contribution < 1.29 is 17.7 Å². The van der Waals surface area contributed by atoms with E-state index in [4.69, 9.17) is 16.1 Å². The van der Waals surface area contributed by atoms with Gasteiger partial charge in [0.05, 0.1) is 4.90 Å². The van der Waals surface area contributed by atoms with Crippen molar-refractivity contribution >= 4 is 33.2 Å². The van der Waals surface area contributed by atoms with Gasteiger partial charge in [0, 0.05) is 34.7 Å². The SMILES string of the molecule is CC(C)(C)NS(=O)(=O)c1cccc(NC(=O)CCc2nc(-c3ccc(Cl)cc3)no2)c1. The lowest BCUT2D eigenvalue weighted by atomic mass is 10.1. The van der Waals surface area contributed by atoms with Crippen LogP contribution in [-0.4, -0.2) is 30.0 Å². The van der Waals surface area contributed by atoms with Crippen LogP contribution in [0.4, 0.5) is 5.69 Å². The molecular weight excluding hydrogens is 440 g/mol. The molecule has 2 aromatic carbocycles. The van der Waals surface area contributed by atoms with Crippen molar-refractivity contribution in [2.45, 2.75) is 44.0 Å². The Kier molecular flexibility index (Phi) is 6.78. The van der Waals surface area contributed by atoms with Crippen molar-refractivity contribution in [3.05, 3.63) is 59.4 Å². The normalized spacial score (nSPS) is 12.0. The number of sulfonamides is 1. The third-order valence-electron chi connectivity index (χ3n) is 4.01. The van der Waals surface area contributed by atoms with E-state index in [0.717, 1.165) is 5.56 Å². The highest BCUT2D eigenvalue weighted by Gasteiger charge is 2.22. The van der Waals surface area contributed by atoms with Gasteiger partial charge in [-0.3, -0.25) is 4.79 Å². The number of nitrogens with one attached hydrogen (secondary N) is 2. The van der Waals surface area contributed by atoms with E-state index < -0.39 is 15.6 Å². The Balaban J connectivity index is 1.60. The molecule has 164 valence electrons. The number of rotatable bonds is 7. The predicted molar refractivity (Wildman–Crippen MR) is 118 cm³/mol. The minimum Gasteiger partial charge on any atom is -0.339 e. The van der Waals surface area contributed by atoms with Crippen LogP contribution in [0.3, 0.4) is 0 Å². The maximum Gasteiger partial charge on any atom is 0.241 e. The summed E-state index contributed by atoms with van der Waals surface area (Å²) in [5, 5.41) is 7.21. The molecule has 0 bridgehead atoms. The first-order valence-corrected chi connectivity index (χ1v) is 11.4. The lowest BCUT2D eigenvalue weighted by molar-refractivity contribution is -0.116. The zero-order valence-electron chi connectivity index (χ0n) is 17.3. The highest BCUT2D eigenvalue weighted by molar-refractivity contribution is 7.89. The highest BCUT2D eigenvalue weighted by atomic mass is 35.5. The Morgan fingerprint density at radius 2 is 1.84 bits per heavy atom. The number of anilines is 1. The highest BCUT2D eigenvalue weighted by Crippen LogP contribution is 2.20. The monoisotopic (exact) mass is 462 g/mol. The van der Waals surface area contributed by atoms with Crippen molar-refractivity contribution in [3.8, 4) is 11.4 Å². The van der Waals surface area contributed by atoms with Crippen molar-refractivity contribution in [2.75, 3.05) is 5.32 Å². The van der Waals surface area contributed by atoms with E-state index in [0.29, 0.717) is 22.4 Å². The molecule has 0 unspecified atom stereocenters. The quantitative estimate of drug-likeness (QED) is 0.547. The van der Waals surface area contributed by atoms with Crippen LogP contribution >= 0.6 is 11.6 Å². The number of nitrogens with zero attached hydrogens (tertiary/aromatic N) is 2. The van der Waals surface area contributed by atoms with Crippen LogP contribution in [0.5, 0.6) is 0 Å². The van der Waals surface area contributed by atoms with Crippen LogP contribution in [0.25, 0.3) is 11.4 Å². The van der Waals surface area contributed by atoms with Crippen LogP contribution in [-0.2, 0) is 21.2 Å². The number of hydrogen-bond acceptors (Lipinski definition) is 6. The fraction of sp³-hybridized carbons (Fsp3) is 0.286. The molecule has 3 aromatic rings. The number of aromatic nitrogens is 2. The molecule has 10 heteroatoms. The van der Waals surface area contributed by atoms with Gasteiger partial charge < -0.3 is 9.84 Å². The molecule has 1 amide bonds. The Bertz CT molecular complexity index is 1170. The summed E-state index contributed by atoms with van der Waals surface area (Å²) in [6.45, 7) is 5.27. The van der Waals surface area contributed by atoms with Gasteiger partial charge in [-0.1, -0.05) is 22.8 Å². The number of benzene rings is 2. The van der Waals surface area contributed by atoms with Gasteiger partial charge in [-0.05, 0) is 63.2 Å². The zero-order chi connectivity index (χ0) is 22.6. The topological polar surface area (TPSA) is 114 Å². The summed E-state index contributed by atoms with van der Waals surface area (Å²) in [6.07, 6.45) is 0.343. The van der Waals surface area contributed by atoms with Gasteiger partial charge in [-0.15, -0.1) is 0 Å². The smallest absolute Gasteiger partial charge is 0.241 e. The van der Waals surface area contributed by atoms with Gasteiger partial charge in [0.1, 0.15) is 0 Å². The Morgan fingerprint density at radius 1 is 1.13 bits per heavy atom. The minimum atomic E-state index is -3.70. The lowest BCUT2D eigenvalue weighted by Gasteiger charge is -2.20. The van der Waals surface area contributed by atoms with E-state index in [9.17, 15) is 13.2 Å². The van der Waals surface area contributed by atoms with Crippen molar-refractivity contribution in [1.29, 1.82) is 0 Å². The maximum atomic E-state index is 12.5. The molecule has 0 aliphatic heterocycles. The molecule has 0 fully saturated rings.